The van der Waals surface area contributed by atoms with Crippen molar-refractivity contribution in [1.82, 2.24) is 0 Å². The topological polar surface area (TPSA) is 44.5 Å². The summed E-state index contributed by atoms with van der Waals surface area (Å²) >= 11 is 0. The number of nitrogens with two attached hydrogens (primary N) is 1. The molecule has 0 amide bonds. The van der Waals surface area contributed by atoms with Crippen LogP contribution in [0, 0.1) is 12.7 Å². The molecule has 0 atom stereocenters. The Bertz CT molecular complexity index is 598. The van der Waals surface area contributed by atoms with Crippen molar-refractivity contribution in [2.45, 2.75) is 52.0 Å². The molecule has 0 spiro atoms. The van der Waals surface area contributed by atoms with Crippen LogP contribution in [-0.4, -0.2) is 18.3 Å². The van der Waals surface area contributed by atoms with Crippen LogP contribution in [0.15, 0.2) is 6.07 Å². The first kappa shape index (κ1) is 17.1. The molecule has 22 heavy (non-hydrogen) atoms. The van der Waals surface area contributed by atoms with Crippen molar-refractivity contribution in [2.24, 2.45) is 0 Å². The van der Waals surface area contributed by atoms with Crippen molar-refractivity contribution in [2.75, 3.05) is 5.73 Å². The van der Waals surface area contributed by atoms with Crippen LogP contribution in [0.25, 0.3) is 0 Å². The lowest BCUT2D eigenvalue weighted by Crippen LogP contribution is -2.41. The lowest BCUT2D eigenvalue weighted by atomic mass is 9.74. The van der Waals surface area contributed by atoms with Crippen molar-refractivity contribution in [3.05, 3.63) is 23.0 Å². The minimum absolute atomic E-state index is 0.303. The van der Waals surface area contributed by atoms with Gasteiger partial charge in [0.05, 0.1) is 22.5 Å². The molecule has 1 heterocycles. The number of alkyl halides is 3. The van der Waals surface area contributed by atoms with Gasteiger partial charge in [0, 0.05) is 0 Å². The predicted octanol–water partition coefficient (Wildman–Crippen LogP) is 3.03. The Kier molecular flexibility index (Phi) is 3.77. The second kappa shape index (κ2) is 4.86. The molecule has 1 aliphatic heterocycles. The molecular formula is C14H18BF4NO2. The Morgan fingerprint density at radius 2 is 1.55 bits per heavy atom. The van der Waals surface area contributed by atoms with Crippen LogP contribution in [0.4, 0.5) is 23.2 Å². The Hall–Kier alpha value is -1.28. The molecule has 0 saturated carbocycles. The Morgan fingerprint density at radius 3 is 1.95 bits per heavy atom. The average molecular weight is 319 g/mol. The van der Waals surface area contributed by atoms with Crippen LogP contribution < -0.4 is 11.2 Å². The number of hydrogen-bond acceptors (Lipinski definition) is 3. The number of halogens is 4. The zero-order valence-electron chi connectivity index (χ0n) is 13.1. The first-order valence-electron chi connectivity index (χ1n) is 6.79. The van der Waals surface area contributed by atoms with Crippen LogP contribution in [0.2, 0.25) is 0 Å². The summed E-state index contributed by atoms with van der Waals surface area (Å²) in [5, 5.41) is 0. The van der Waals surface area contributed by atoms with Gasteiger partial charge in [0.15, 0.2) is 0 Å². The Morgan fingerprint density at radius 1 is 1.09 bits per heavy atom. The van der Waals surface area contributed by atoms with E-state index < -0.39 is 41.4 Å². The first-order chi connectivity index (χ1) is 9.78. The summed E-state index contributed by atoms with van der Waals surface area (Å²) < 4.78 is 65.1. The minimum atomic E-state index is -4.74. The molecule has 2 N–H and O–H groups in total. The summed E-state index contributed by atoms with van der Waals surface area (Å²) in [6.07, 6.45) is -4.74. The molecule has 0 radical (unpaired) electrons. The summed E-state index contributed by atoms with van der Waals surface area (Å²) in [4.78, 5) is 0. The number of rotatable bonds is 1. The van der Waals surface area contributed by atoms with Gasteiger partial charge in [-0.15, -0.1) is 0 Å². The van der Waals surface area contributed by atoms with E-state index in [1.54, 1.807) is 27.7 Å². The summed E-state index contributed by atoms with van der Waals surface area (Å²) in [5.41, 5.74) is 1.54. The van der Waals surface area contributed by atoms with Gasteiger partial charge in [0.25, 0.3) is 0 Å². The van der Waals surface area contributed by atoms with Crippen LogP contribution >= 0.6 is 0 Å². The van der Waals surface area contributed by atoms with Crippen molar-refractivity contribution in [3.8, 4) is 0 Å². The fraction of sp³-hybridized carbons (Fsp3) is 0.571. The molecule has 0 aromatic heterocycles. The summed E-state index contributed by atoms with van der Waals surface area (Å²) in [6.45, 7) is 7.93. The van der Waals surface area contributed by atoms with Gasteiger partial charge in [0.1, 0.15) is 5.82 Å². The second-order valence-corrected chi connectivity index (χ2v) is 6.46. The fourth-order valence-corrected chi connectivity index (χ4v) is 2.38. The third-order valence-electron chi connectivity index (χ3n) is 4.35. The molecule has 1 fully saturated rings. The Labute approximate surface area is 126 Å². The standard InChI is InChI=1S/C14H18BF4NO2/c1-7-10(14(17,18)19)8(6-9(20)11(7)16)15-21-12(2,3)13(4,5)22-15/h6H,20H2,1-5H3. The van der Waals surface area contributed by atoms with Gasteiger partial charge in [-0.05, 0) is 51.7 Å². The minimum Gasteiger partial charge on any atom is -0.399 e. The molecule has 122 valence electrons. The summed E-state index contributed by atoms with van der Waals surface area (Å²) in [7, 11) is -1.26. The smallest absolute Gasteiger partial charge is 0.399 e. The number of hydrogen-bond donors (Lipinski definition) is 1. The highest BCUT2D eigenvalue weighted by Crippen LogP contribution is 2.39. The molecule has 1 aromatic carbocycles. The van der Waals surface area contributed by atoms with E-state index >= 15 is 0 Å². The molecular weight excluding hydrogens is 301 g/mol. The van der Waals surface area contributed by atoms with Gasteiger partial charge < -0.3 is 15.0 Å². The van der Waals surface area contributed by atoms with E-state index in [4.69, 9.17) is 15.0 Å². The number of anilines is 1. The third-order valence-corrected chi connectivity index (χ3v) is 4.35. The van der Waals surface area contributed by atoms with Gasteiger partial charge in [-0.25, -0.2) is 4.39 Å². The van der Waals surface area contributed by atoms with E-state index in [1.807, 2.05) is 0 Å². The van der Waals surface area contributed by atoms with Crippen LogP contribution in [0.5, 0.6) is 0 Å². The molecule has 0 aliphatic carbocycles. The molecule has 3 nitrogen and oxygen atoms in total. The molecule has 1 aliphatic rings. The van der Waals surface area contributed by atoms with Crippen molar-refractivity contribution >= 4 is 18.3 Å². The zero-order chi connectivity index (χ0) is 17.1. The quantitative estimate of drug-likeness (QED) is 0.492. The van der Waals surface area contributed by atoms with Crippen LogP contribution in [-0.2, 0) is 15.5 Å². The van der Waals surface area contributed by atoms with E-state index in [0.29, 0.717) is 0 Å². The highest BCUT2D eigenvalue weighted by molar-refractivity contribution is 6.62. The lowest BCUT2D eigenvalue weighted by molar-refractivity contribution is -0.137. The highest BCUT2D eigenvalue weighted by Gasteiger charge is 2.54. The first-order valence-corrected chi connectivity index (χ1v) is 6.79. The van der Waals surface area contributed by atoms with E-state index in [1.165, 1.54) is 0 Å². The lowest BCUT2D eigenvalue weighted by Gasteiger charge is -2.32. The molecule has 1 saturated heterocycles. The average Bonchev–Trinajstić information content (AvgIpc) is 2.53. The summed E-state index contributed by atoms with van der Waals surface area (Å²) in [5.74, 6) is -1.08. The normalized spacial score (nSPS) is 20.5. The van der Waals surface area contributed by atoms with Crippen molar-refractivity contribution < 1.29 is 26.9 Å². The maximum Gasteiger partial charge on any atom is 0.495 e. The molecule has 0 bridgehead atoms. The molecule has 2 rings (SSSR count). The van der Waals surface area contributed by atoms with Crippen molar-refractivity contribution in [1.29, 1.82) is 0 Å². The molecule has 8 heteroatoms. The maximum atomic E-state index is 13.8. The third kappa shape index (κ3) is 2.58. The van der Waals surface area contributed by atoms with E-state index in [9.17, 15) is 17.6 Å². The van der Waals surface area contributed by atoms with Gasteiger partial charge in [-0.1, -0.05) is 0 Å². The highest BCUT2D eigenvalue weighted by atomic mass is 19.4. The largest absolute Gasteiger partial charge is 0.495 e. The zero-order valence-corrected chi connectivity index (χ0v) is 13.1. The van der Waals surface area contributed by atoms with Gasteiger partial charge in [0.2, 0.25) is 0 Å². The van der Waals surface area contributed by atoms with Crippen LogP contribution in [0.3, 0.4) is 0 Å². The van der Waals surface area contributed by atoms with Crippen molar-refractivity contribution in [3.63, 3.8) is 0 Å². The monoisotopic (exact) mass is 319 g/mol. The van der Waals surface area contributed by atoms with Gasteiger partial charge in [-0.2, -0.15) is 13.2 Å². The Balaban J connectivity index is 2.62. The van der Waals surface area contributed by atoms with Crippen LogP contribution in [0.1, 0.15) is 38.8 Å². The number of nitrogen functional groups attached to an aromatic ring is 1. The second-order valence-electron chi connectivity index (χ2n) is 6.46. The summed E-state index contributed by atoms with van der Waals surface area (Å²) in [6, 6.07) is 0.938. The maximum absolute atomic E-state index is 13.8. The SMILES string of the molecule is Cc1c(F)c(N)cc(B2OC(C)(C)C(C)(C)O2)c1C(F)(F)F. The fourth-order valence-electron chi connectivity index (χ4n) is 2.38. The molecule has 0 unspecified atom stereocenters. The van der Waals surface area contributed by atoms with E-state index in [0.717, 1.165) is 13.0 Å². The van der Waals surface area contributed by atoms with E-state index in [-0.39, 0.29) is 11.2 Å². The predicted molar refractivity (Wildman–Crippen MR) is 76.3 cm³/mol. The van der Waals surface area contributed by atoms with Gasteiger partial charge >= 0.3 is 13.3 Å². The molecule has 1 aromatic rings. The van der Waals surface area contributed by atoms with E-state index in [2.05, 4.69) is 0 Å². The number of benzene rings is 1. The van der Waals surface area contributed by atoms with Gasteiger partial charge in [-0.3, -0.25) is 0 Å².